The average Bonchev–Trinajstić information content (AvgIpc) is 2.95. The third kappa shape index (κ3) is 7.23. The topological polar surface area (TPSA) is 162 Å². The quantitative estimate of drug-likeness (QED) is 0.364. The van der Waals surface area contributed by atoms with Crippen molar-refractivity contribution in [3.8, 4) is 0 Å². The number of aryl methyl sites for hydroxylation is 1. The van der Waals surface area contributed by atoms with Gasteiger partial charge >= 0.3 is 0 Å². The highest BCUT2D eigenvalue weighted by molar-refractivity contribution is 8.13. The van der Waals surface area contributed by atoms with E-state index in [9.17, 15) is 19.2 Å². The van der Waals surface area contributed by atoms with Crippen LogP contribution < -0.4 is 22.1 Å². The average molecular weight is 384 g/mol. The molecule has 0 aliphatic heterocycles. The summed E-state index contributed by atoms with van der Waals surface area (Å²) in [4.78, 5) is 50.9. The van der Waals surface area contributed by atoms with Gasteiger partial charge in [-0.25, -0.2) is 4.98 Å². The Balaban J connectivity index is 2.78. The SMILES string of the molecule is CC(=O)NC(CSC(=O)[C@H](Cc1cncn1C)NC(=O)CCN)C(N)=O. The maximum Gasteiger partial charge on any atom is 0.240 e. The van der Waals surface area contributed by atoms with Crippen molar-refractivity contribution >= 4 is 34.6 Å². The van der Waals surface area contributed by atoms with Gasteiger partial charge in [-0.1, -0.05) is 11.8 Å². The molecule has 0 spiro atoms. The molecule has 0 aliphatic carbocycles. The van der Waals surface area contributed by atoms with Crippen LogP contribution in [0.15, 0.2) is 12.5 Å². The molecule has 1 heterocycles. The van der Waals surface area contributed by atoms with Gasteiger partial charge in [0.1, 0.15) is 12.1 Å². The van der Waals surface area contributed by atoms with Gasteiger partial charge in [-0.05, 0) is 0 Å². The summed E-state index contributed by atoms with van der Waals surface area (Å²) in [7, 11) is 1.78. The Bertz CT molecular complexity index is 662. The van der Waals surface area contributed by atoms with Gasteiger partial charge in [0, 0.05) is 51.0 Å². The first-order valence-electron chi connectivity index (χ1n) is 7.92. The Morgan fingerprint density at radius 2 is 1.96 bits per heavy atom. The normalized spacial score (nSPS) is 12.9. The molecule has 1 rings (SSSR count). The monoisotopic (exact) mass is 384 g/mol. The Morgan fingerprint density at radius 1 is 1.27 bits per heavy atom. The number of nitrogens with zero attached hydrogens (tertiary/aromatic N) is 2. The zero-order chi connectivity index (χ0) is 19.7. The van der Waals surface area contributed by atoms with Crippen LogP contribution in [0.1, 0.15) is 19.0 Å². The van der Waals surface area contributed by atoms with Crippen LogP contribution in [0.25, 0.3) is 0 Å². The van der Waals surface area contributed by atoms with E-state index in [1.54, 1.807) is 24.1 Å². The van der Waals surface area contributed by atoms with Crippen LogP contribution in [0.4, 0.5) is 0 Å². The molecule has 0 bridgehead atoms. The van der Waals surface area contributed by atoms with Crippen LogP contribution in [0.2, 0.25) is 0 Å². The van der Waals surface area contributed by atoms with Crippen LogP contribution in [0, 0.1) is 0 Å². The van der Waals surface area contributed by atoms with E-state index in [2.05, 4.69) is 15.6 Å². The molecule has 11 heteroatoms. The van der Waals surface area contributed by atoms with E-state index in [1.165, 1.54) is 6.92 Å². The van der Waals surface area contributed by atoms with Gasteiger partial charge < -0.3 is 26.7 Å². The van der Waals surface area contributed by atoms with E-state index < -0.39 is 23.9 Å². The molecule has 0 saturated heterocycles. The van der Waals surface area contributed by atoms with Gasteiger partial charge in [-0.15, -0.1) is 0 Å². The maximum absolute atomic E-state index is 12.6. The summed E-state index contributed by atoms with van der Waals surface area (Å²) in [6.07, 6.45) is 3.52. The predicted octanol–water partition coefficient (Wildman–Crippen LogP) is -1.95. The number of thioether (sulfide) groups is 1. The van der Waals surface area contributed by atoms with Crippen LogP contribution in [-0.4, -0.2) is 56.8 Å². The van der Waals surface area contributed by atoms with Crippen LogP contribution in [0.5, 0.6) is 0 Å². The summed E-state index contributed by atoms with van der Waals surface area (Å²) in [5.41, 5.74) is 11.3. The lowest BCUT2D eigenvalue weighted by molar-refractivity contribution is -0.125. The Hall–Kier alpha value is -2.40. The molecule has 1 unspecified atom stereocenters. The second kappa shape index (κ2) is 10.6. The first-order valence-corrected chi connectivity index (χ1v) is 8.90. The van der Waals surface area contributed by atoms with Gasteiger partial charge in [-0.2, -0.15) is 0 Å². The Morgan fingerprint density at radius 3 is 2.46 bits per heavy atom. The largest absolute Gasteiger partial charge is 0.368 e. The van der Waals surface area contributed by atoms with Gasteiger partial charge in [0.2, 0.25) is 22.8 Å². The van der Waals surface area contributed by atoms with E-state index in [4.69, 9.17) is 11.5 Å². The van der Waals surface area contributed by atoms with Crippen molar-refractivity contribution in [2.24, 2.45) is 18.5 Å². The number of nitrogens with one attached hydrogen (secondary N) is 2. The van der Waals surface area contributed by atoms with E-state index in [0.29, 0.717) is 0 Å². The summed E-state index contributed by atoms with van der Waals surface area (Å²) in [6, 6.07) is -1.79. The Labute approximate surface area is 155 Å². The highest BCUT2D eigenvalue weighted by Crippen LogP contribution is 2.13. The van der Waals surface area contributed by atoms with E-state index >= 15 is 0 Å². The first-order chi connectivity index (χ1) is 12.2. The lowest BCUT2D eigenvalue weighted by Gasteiger charge is -2.19. The summed E-state index contributed by atoms with van der Waals surface area (Å²) >= 11 is 0.821. The second-order valence-electron chi connectivity index (χ2n) is 5.64. The number of hydrogen-bond acceptors (Lipinski definition) is 7. The molecule has 0 fully saturated rings. The van der Waals surface area contributed by atoms with Crippen molar-refractivity contribution in [2.75, 3.05) is 12.3 Å². The minimum atomic E-state index is -0.974. The predicted molar refractivity (Wildman–Crippen MR) is 96.8 cm³/mol. The molecule has 0 aliphatic rings. The molecule has 0 radical (unpaired) electrons. The fourth-order valence-corrected chi connectivity index (χ4v) is 3.01. The summed E-state index contributed by atoms with van der Waals surface area (Å²) in [6.45, 7) is 1.42. The molecule has 10 nitrogen and oxygen atoms in total. The van der Waals surface area contributed by atoms with Gasteiger partial charge in [0.05, 0.1) is 6.33 Å². The molecule has 6 N–H and O–H groups in total. The standard InChI is InChI=1S/C15H24N6O4S/c1-9(22)19-12(14(17)24)7-26-15(25)11(20-13(23)3-4-16)5-10-6-18-8-21(10)2/h6,8,11-12H,3-5,7,16H2,1-2H3,(H2,17,24)(H,19,22)(H,20,23)/t11-,12?/m0/s1. The minimum absolute atomic E-state index is 0.0254. The first kappa shape index (κ1) is 21.6. The third-order valence-electron chi connectivity index (χ3n) is 3.43. The van der Waals surface area contributed by atoms with E-state index in [-0.39, 0.29) is 36.2 Å². The number of carbonyl (C=O) groups is 4. The van der Waals surface area contributed by atoms with Crippen molar-refractivity contribution in [1.29, 1.82) is 0 Å². The Kier molecular flexibility index (Phi) is 8.79. The smallest absolute Gasteiger partial charge is 0.240 e. The molecule has 26 heavy (non-hydrogen) atoms. The minimum Gasteiger partial charge on any atom is -0.368 e. The van der Waals surface area contributed by atoms with Crippen molar-refractivity contribution in [1.82, 2.24) is 20.2 Å². The zero-order valence-corrected chi connectivity index (χ0v) is 15.5. The van der Waals surface area contributed by atoms with Crippen LogP contribution >= 0.6 is 11.8 Å². The lowest BCUT2D eigenvalue weighted by Crippen LogP contribution is -2.47. The van der Waals surface area contributed by atoms with Crippen molar-refractivity contribution < 1.29 is 19.2 Å². The fraction of sp³-hybridized carbons (Fsp3) is 0.533. The van der Waals surface area contributed by atoms with Crippen LogP contribution in [0.3, 0.4) is 0 Å². The number of hydrogen-bond donors (Lipinski definition) is 4. The second-order valence-corrected chi connectivity index (χ2v) is 6.67. The third-order valence-corrected chi connectivity index (χ3v) is 4.50. The molecule has 144 valence electrons. The molecule has 1 aromatic rings. The maximum atomic E-state index is 12.6. The van der Waals surface area contributed by atoms with Crippen LogP contribution in [-0.2, 0) is 32.6 Å². The lowest BCUT2D eigenvalue weighted by atomic mass is 10.1. The van der Waals surface area contributed by atoms with Crippen molar-refractivity contribution in [3.05, 3.63) is 18.2 Å². The van der Waals surface area contributed by atoms with E-state index in [1.807, 2.05) is 0 Å². The number of carbonyl (C=O) groups excluding carboxylic acids is 4. The summed E-state index contributed by atoms with van der Waals surface area (Å²) in [5, 5.41) is 4.67. The summed E-state index contributed by atoms with van der Waals surface area (Å²) in [5.74, 6) is -1.54. The fourth-order valence-electron chi connectivity index (χ4n) is 2.09. The van der Waals surface area contributed by atoms with Gasteiger partial charge in [0.15, 0.2) is 0 Å². The van der Waals surface area contributed by atoms with Crippen molar-refractivity contribution in [2.45, 2.75) is 31.8 Å². The molecule has 1 aromatic heterocycles. The zero-order valence-electron chi connectivity index (χ0n) is 14.7. The number of imidazole rings is 1. The molecule has 0 aromatic carbocycles. The molecule has 0 saturated carbocycles. The highest BCUT2D eigenvalue weighted by atomic mass is 32.2. The number of nitrogens with two attached hydrogens (primary N) is 2. The molecule has 2 atom stereocenters. The van der Waals surface area contributed by atoms with Gasteiger partial charge in [0.25, 0.3) is 0 Å². The molecule has 3 amide bonds. The van der Waals surface area contributed by atoms with Crippen molar-refractivity contribution in [3.63, 3.8) is 0 Å². The number of rotatable bonds is 10. The van der Waals surface area contributed by atoms with Gasteiger partial charge in [-0.3, -0.25) is 19.2 Å². The highest BCUT2D eigenvalue weighted by Gasteiger charge is 2.25. The molecular formula is C15H24N6O4S. The number of primary amides is 1. The number of aromatic nitrogens is 2. The summed E-state index contributed by atoms with van der Waals surface area (Å²) < 4.78 is 1.74. The molecular weight excluding hydrogens is 360 g/mol. The van der Waals surface area contributed by atoms with E-state index in [0.717, 1.165) is 17.5 Å². The number of amides is 3.